The number of aryl methyl sites for hydroxylation is 1. The van der Waals surface area contributed by atoms with E-state index >= 15 is 0 Å². The van der Waals surface area contributed by atoms with E-state index in [0.717, 1.165) is 24.1 Å². The molecule has 0 spiro atoms. The summed E-state index contributed by atoms with van der Waals surface area (Å²) < 4.78 is 21.4. The summed E-state index contributed by atoms with van der Waals surface area (Å²) in [5.74, 6) is 2.13. The van der Waals surface area contributed by atoms with Crippen LogP contribution in [0.3, 0.4) is 0 Å². The zero-order valence-corrected chi connectivity index (χ0v) is 17.1. The van der Waals surface area contributed by atoms with E-state index in [0.29, 0.717) is 39.9 Å². The van der Waals surface area contributed by atoms with Gasteiger partial charge in [0.1, 0.15) is 5.69 Å². The number of anilines is 1. The third kappa shape index (κ3) is 3.63. The highest BCUT2D eigenvalue weighted by molar-refractivity contribution is 6.06. The van der Waals surface area contributed by atoms with Crippen molar-refractivity contribution in [3.05, 3.63) is 47.7 Å². The maximum absolute atomic E-state index is 13.0. The lowest BCUT2D eigenvalue weighted by molar-refractivity contribution is 0.102. The zero-order valence-electron chi connectivity index (χ0n) is 17.1. The Hall–Kier alpha value is -3.68. The molecule has 2 N–H and O–H groups in total. The Kier molecular flexibility index (Phi) is 5.47. The van der Waals surface area contributed by atoms with Crippen LogP contribution in [0.1, 0.15) is 29.4 Å². The Bertz CT molecular complexity index is 1080. The summed E-state index contributed by atoms with van der Waals surface area (Å²) in [6.45, 7) is 2.27. The average molecular weight is 409 g/mol. The molecule has 8 nitrogen and oxygen atoms in total. The smallest absolute Gasteiger partial charge is 0.255 e. The molecule has 30 heavy (non-hydrogen) atoms. The summed E-state index contributed by atoms with van der Waals surface area (Å²) in [5, 5.41) is 10.5. The minimum atomic E-state index is -0.267. The van der Waals surface area contributed by atoms with E-state index in [2.05, 4.69) is 22.4 Å². The van der Waals surface area contributed by atoms with Crippen LogP contribution < -0.4 is 24.3 Å². The van der Waals surface area contributed by atoms with Gasteiger partial charge in [-0.2, -0.15) is 5.10 Å². The lowest BCUT2D eigenvalue weighted by atomic mass is 10.1. The number of methoxy groups -OCH3 is 2. The van der Waals surface area contributed by atoms with Crippen molar-refractivity contribution in [3.63, 3.8) is 0 Å². The minimum Gasteiger partial charge on any atom is -0.493 e. The number of fused-ring (bicyclic) bond motifs is 1. The fourth-order valence-electron chi connectivity index (χ4n) is 3.36. The van der Waals surface area contributed by atoms with Gasteiger partial charge >= 0.3 is 0 Å². The van der Waals surface area contributed by atoms with E-state index in [-0.39, 0.29) is 12.7 Å². The Morgan fingerprint density at radius 1 is 1.10 bits per heavy atom. The number of H-pyrrole nitrogens is 1. The van der Waals surface area contributed by atoms with Gasteiger partial charge in [0.2, 0.25) is 6.79 Å². The fraction of sp³-hybridized carbons (Fsp3) is 0.273. The van der Waals surface area contributed by atoms with Gasteiger partial charge in [0.25, 0.3) is 5.91 Å². The average Bonchev–Trinajstić information content (AvgIpc) is 3.40. The summed E-state index contributed by atoms with van der Waals surface area (Å²) in [4.78, 5) is 13.0. The normalized spacial score (nSPS) is 12.0. The molecule has 1 aromatic heterocycles. The second-order valence-electron chi connectivity index (χ2n) is 6.77. The van der Waals surface area contributed by atoms with Crippen molar-refractivity contribution in [2.24, 2.45) is 0 Å². The molecule has 0 saturated heterocycles. The van der Waals surface area contributed by atoms with Crippen molar-refractivity contribution < 1.29 is 23.7 Å². The van der Waals surface area contributed by atoms with Crippen LogP contribution in [0.15, 0.2) is 36.4 Å². The van der Waals surface area contributed by atoms with Crippen molar-refractivity contribution in [1.29, 1.82) is 0 Å². The molecule has 0 atom stereocenters. The number of nitrogens with zero attached hydrogens (tertiary/aromatic N) is 1. The molecule has 0 radical (unpaired) electrons. The van der Waals surface area contributed by atoms with E-state index in [1.807, 2.05) is 18.2 Å². The van der Waals surface area contributed by atoms with Gasteiger partial charge in [-0.05, 0) is 42.8 Å². The van der Waals surface area contributed by atoms with Crippen molar-refractivity contribution >= 4 is 11.6 Å². The van der Waals surface area contributed by atoms with Gasteiger partial charge in [-0.25, -0.2) is 0 Å². The molecule has 2 heterocycles. The van der Waals surface area contributed by atoms with Crippen LogP contribution in [0.5, 0.6) is 23.0 Å². The quantitative estimate of drug-likeness (QED) is 0.612. The molecular weight excluding hydrogens is 386 g/mol. The van der Waals surface area contributed by atoms with Gasteiger partial charge in [0.15, 0.2) is 23.0 Å². The first-order valence-electron chi connectivity index (χ1n) is 9.65. The highest BCUT2D eigenvalue weighted by atomic mass is 16.7. The highest BCUT2D eigenvalue weighted by Gasteiger charge is 2.21. The molecule has 156 valence electrons. The highest BCUT2D eigenvalue weighted by Crippen LogP contribution is 2.38. The van der Waals surface area contributed by atoms with E-state index in [1.54, 1.807) is 25.3 Å². The maximum atomic E-state index is 13.0. The Balaban J connectivity index is 1.68. The number of aromatic nitrogens is 2. The van der Waals surface area contributed by atoms with E-state index in [9.17, 15) is 4.79 Å². The Labute approximate surface area is 174 Å². The zero-order chi connectivity index (χ0) is 21.1. The van der Waals surface area contributed by atoms with E-state index in [1.165, 1.54) is 7.11 Å². The summed E-state index contributed by atoms with van der Waals surface area (Å²) in [7, 11) is 3.09. The molecule has 2 aromatic carbocycles. The van der Waals surface area contributed by atoms with Crippen LogP contribution in [0.2, 0.25) is 0 Å². The third-order valence-corrected chi connectivity index (χ3v) is 4.87. The van der Waals surface area contributed by atoms with Crippen molar-refractivity contribution in [2.75, 3.05) is 26.3 Å². The number of rotatable bonds is 7. The largest absolute Gasteiger partial charge is 0.493 e. The van der Waals surface area contributed by atoms with Crippen molar-refractivity contribution in [1.82, 2.24) is 10.2 Å². The number of nitrogens with one attached hydrogen (secondary N) is 2. The maximum Gasteiger partial charge on any atom is 0.255 e. The van der Waals surface area contributed by atoms with Gasteiger partial charge in [-0.15, -0.1) is 0 Å². The molecule has 0 aliphatic carbocycles. The molecule has 0 fully saturated rings. The molecule has 0 unspecified atom stereocenters. The van der Waals surface area contributed by atoms with Crippen LogP contribution in [0.25, 0.3) is 11.3 Å². The number of carbonyl (C=O) groups is 1. The summed E-state index contributed by atoms with van der Waals surface area (Å²) in [5.41, 5.74) is 3.42. The number of carbonyl (C=O) groups excluding carboxylic acids is 1. The SMILES string of the molecule is CCCc1[nH]nc(-c2ccc3c(c2)OCO3)c1NC(=O)c1ccc(OC)c(OC)c1. The van der Waals surface area contributed by atoms with Gasteiger partial charge in [-0.3, -0.25) is 9.89 Å². The van der Waals surface area contributed by atoms with Crippen LogP contribution >= 0.6 is 0 Å². The molecule has 1 aliphatic rings. The molecule has 8 heteroatoms. The molecule has 3 aromatic rings. The second kappa shape index (κ2) is 8.36. The number of benzene rings is 2. The number of aromatic amines is 1. The van der Waals surface area contributed by atoms with Crippen LogP contribution in [-0.4, -0.2) is 37.1 Å². The lowest BCUT2D eigenvalue weighted by Gasteiger charge is -2.11. The van der Waals surface area contributed by atoms with Crippen molar-refractivity contribution in [3.8, 4) is 34.3 Å². The molecule has 0 bridgehead atoms. The summed E-state index contributed by atoms with van der Waals surface area (Å²) in [6, 6.07) is 10.6. The summed E-state index contributed by atoms with van der Waals surface area (Å²) >= 11 is 0. The first-order valence-corrected chi connectivity index (χ1v) is 9.65. The van der Waals surface area contributed by atoms with E-state index < -0.39 is 0 Å². The third-order valence-electron chi connectivity index (χ3n) is 4.87. The van der Waals surface area contributed by atoms with Gasteiger partial charge in [0, 0.05) is 11.1 Å². The predicted molar refractivity (Wildman–Crippen MR) is 112 cm³/mol. The Morgan fingerprint density at radius 2 is 1.90 bits per heavy atom. The molecule has 1 amide bonds. The lowest BCUT2D eigenvalue weighted by Crippen LogP contribution is -2.13. The number of ether oxygens (including phenoxy) is 4. The van der Waals surface area contributed by atoms with Crippen LogP contribution in [0.4, 0.5) is 5.69 Å². The van der Waals surface area contributed by atoms with Gasteiger partial charge in [-0.1, -0.05) is 13.3 Å². The topological polar surface area (TPSA) is 94.7 Å². The Morgan fingerprint density at radius 3 is 2.67 bits per heavy atom. The monoisotopic (exact) mass is 409 g/mol. The van der Waals surface area contributed by atoms with Gasteiger partial charge in [0.05, 0.1) is 25.6 Å². The number of hydrogen-bond donors (Lipinski definition) is 2. The number of amides is 1. The molecule has 4 rings (SSSR count). The molecular formula is C22H23N3O5. The number of hydrogen-bond acceptors (Lipinski definition) is 6. The fourth-order valence-corrected chi connectivity index (χ4v) is 3.36. The van der Waals surface area contributed by atoms with Crippen LogP contribution in [-0.2, 0) is 6.42 Å². The van der Waals surface area contributed by atoms with Gasteiger partial charge < -0.3 is 24.3 Å². The first-order chi connectivity index (χ1) is 14.6. The second-order valence-corrected chi connectivity index (χ2v) is 6.77. The standard InChI is InChI=1S/C22H23N3O5/c1-4-5-15-21(23-22(26)14-7-8-16(27-2)18(11-14)28-3)20(25-24-15)13-6-9-17-19(10-13)30-12-29-17/h6-11H,4-5,12H2,1-3H3,(H,23,26)(H,24,25). The van der Waals surface area contributed by atoms with Crippen LogP contribution in [0, 0.1) is 0 Å². The molecule has 0 saturated carbocycles. The van der Waals surface area contributed by atoms with E-state index in [4.69, 9.17) is 18.9 Å². The predicted octanol–water partition coefficient (Wildman–Crippen LogP) is 4.03. The molecule has 1 aliphatic heterocycles. The van der Waals surface area contributed by atoms with Crippen molar-refractivity contribution in [2.45, 2.75) is 19.8 Å². The minimum absolute atomic E-state index is 0.198. The first kappa shape index (κ1) is 19.6. The summed E-state index contributed by atoms with van der Waals surface area (Å²) in [6.07, 6.45) is 1.65.